The van der Waals surface area contributed by atoms with Crippen LogP contribution < -0.4 is 0 Å². The van der Waals surface area contributed by atoms with Crippen molar-refractivity contribution in [1.29, 1.82) is 0 Å². The zero-order valence-electron chi connectivity index (χ0n) is 46.8. The number of hydrogen-bond donors (Lipinski definition) is 9. The highest BCUT2D eigenvalue weighted by Gasteiger charge is 2.57. The lowest BCUT2D eigenvalue weighted by atomic mass is 9.81. The Balaban J connectivity index is 1.57. The number of aliphatic hydroxyl groups is 9. The molecule has 9 N–H and O–H groups in total. The number of unbranched alkanes of at least 4 members (excludes halogenated alkanes) is 2. The first kappa shape index (κ1) is 66.0. The topological polar surface area (TPSA) is 352 Å². The summed E-state index contributed by atoms with van der Waals surface area (Å²) in [6, 6.07) is 0. The molecule has 5 rings (SSSR count). The van der Waals surface area contributed by atoms with Gasteiger partial charge in [0.1, 0.15) is 67.6 Å². The predicted molar refractivity (Wildman–Crippen MR) is 270 cm³/mol. The Morgan fingerprint density at radius 3 is 1.76 bits per heavy atom. The average Bonchev–Trinajstić information content (AvgIpc) is 3.39. The maximum atomic E-state index is 14.1. The van der Waals surface area contributed by atoms with E-state index >= 15 is 0 Å². The molecule has 5 aliphatic heterocycles. The normalized spacial score (nSPS) is 40.5. The summed E-state index contributed by atoms with van der Waals surface area (Å²) in [4.78, 5) is 53.7. The molecule has 0 aliphatic carbocycles. The van der Waals surface area contributed by atoms with Crippen LogP contribution in [0.15, 0.2) is 0 Å². The quantitative estimate of drug-likeness (QED) is 0.0634. The van der Waals surface area contributed by atoms with Gasteiger partial charge in [-0.3, -0.25) is 19.2 Å². The van der Waals surface area contributed by atoms with Crippen LogP contribution in [0, 0.1) is 23.7 Å². The third-order valence-electron chi connectivity index (χ3n) is 15.8. The van der Waals surface area contributed by atoms with Crippen LogP contribution in [0.4, 0.5) is 0 Å². The fourth-order valence-electron chi connectivity index (χ4n) is 10.2. The monoisotopic (exact) mass is 1120 g/mol. The number of hydrogen-bond acceptors (Lipinski definition) is 24. The molecular formula is C54H92O24. The average molecular weight is 1130 g/mol. The number of carbonyl (C=O) groups is 4. The lowest BCUT2D eigenvalue weighted by Gasteiger charge is -2.50. The molecule has 0 radical (unpaired) electrons. The third-order valence-corrected chi connectivity index (χ3v) is 15.8. The molecule has 5 fully saturated rings. The van der Waals surface area contributed by atoms with Gasteiger partial charge in [-0.1, -0.05) is 78.6 Å². The van der Waals surface area contributed by atoms with Crippen molar-refractivity contribution in [2.45, 2.75) is 287 Å². The minimum Gasteiger partial charge on any atom is -0.463 e. The Hall–Kier alpha value is -2.76. The zero-order valence-corrected chi connectivity index (χ0v) is 46.8. The largest absolute Gasteiger partial charge is 0.463 e. The van der Waals surface area contributed by atoms with Crippen molar-refractivity contribution in [1.82, 2.24) is 0 Å². The fourth-order valence-corrected chi connectivity index (χ4v) is 10.2. The van der Waals surface area contributed by atoms with Crippen LogP contribution in [0.2, 0.25) is 0 Å². The van der Waals surface area contributed by atoms with Gasteiger partial charge in [0.2, 0.25) is 0 Å². The van der Waals surface area contributed by atoms with Crippen LogP contribution >= 0.6 is 0 Å². The van der Waals surface area contributed by atoms with E-state index in [9.17, 15) is 65.1 Å². The Kier molecular flexibility index (Phi) is 26.3. The number of esters is 4. The summed E-state index contributed by atoms with van der Waals surface area (Å²) < 4.78 is 67.6. The van der Waals surface area contributed by atoms with Crippen LogP contribution in [0.25, 0.3) is 0 Å². The van der Waals surface area contributed by atoms with Crippen molar-refractivity contribution in [2.24, 2.45) is 23.7 Å². The van der Waals surface area contributed by atoms with Gasteiger partial charge >= 0.3 is 23.9 Å². The molecule has 0 aromatic heterocycles. The second-order valence-corrected chi connectivity index (χ2v) is 22.4. The minimum atomic E-state index is -2.05. The van der Waals surface area contributed by atoms with Gasteiger partial charge in [0.25, 0.3) is 0 Å². The molecule has 0 spiro atoms. The molecule has 5 heterocycles. The van der Waals surface area contributed by atoms with Gasteiger partial charge in [-0.2, -0.15) is 0 Å². The highest BCUT2D eigenvalue weighted by molar-refractivity contribution is 5.73. The van der Waals surface area contributed by atoms with E-state index in [1.54, 1.807) is 20.8 Å². The highest BCUT2D eigenvalue weighted by atomic mass is 16.8. The van der Waals surface area contributed by atoms with E-state index in [0.29, 0.717) is 25.7 Å². The molecular weight excluding hydrogens is 1030 g/mol. The summed E-state index contributed by atoms with van der Waals surface area (Å²) in [5.74, 6) is -6.99. The van der Waals surface area contributed by atoms with E-state index in [0.717, 1.165) is 51.4 Å². The Morgan fingerprint density at radius 2 is 1.13 bits per heavy atom. The number of rotatable bonds is 15. The lowest BCUT2D eigenvalue weighted by Crippen LogP contribution is -2.67. The molecule has 24 nitrogen and oxygen atoms in total. The molecule has 5 saturated heterocycles. The summed E-state index contributed by atoms with van der Waals surface area (Å²) in [5, 5.41) is 100. The maximum absolute atomic E-state index is 14.1. The summed E-state index contributed by atoms with van der Waals surface area (Å²) in [5.41, 5.74) is 0. The number of carbonyl (C=O) groups excluding carboxylic acids is 4. The number of ether oxygens (including phenoxy) is 11. The Labute approximate surface area is 457 Å². The molecule has 5 aliphatic rings. The summed E-state index contributed by atoms with van der Waals surface area (Å²) in [7, 11) is 0. The van der Waals surface area contributed by atoms with Crippen molar-refractivity contribution in [3.8, 4) is 0 Å². The summed E-state index contributed by atoms with van der Waals surface area (Å²) in [6.45, 7) is 13.2. The van der Waals surface area contributed by atoms with Gasteiger partial charge in [0.15, 0.2) is 37.4 Å². The third kappa shape index (κ3) is 17.6. The summed E-state index contributed by atoms with van der Waals surface area (Å²) in [6.07, 6.45) is -25.6. The molecule has 0 amide bonds. The van der Waals surface area contributed by atoms with Crippen molar-refractivity contribution in [3.05, 3.63) is 0 Å². The Bertz CT molecular complexity index is 1840. The Morgan fingerprint density at radius 1 is 0.564 bits per heavy atom. The van der Waals surface area contributed by atoms with Gasteiger partial charge in [-0.15, -0.1) is 0 Å². The van der Waals surface area contributed by atoms with Crippen molar-refractivity contribution in [2.75, 3.05) is 6.61 Å². The van der Waals surface area contributed by atoms with E-state index < -0.39 is 189 Å². The van der Waals surface area contributed by atoms with Gasteiger partial charge in [0.05, 0.1) is 54.4 Å². The first-order valence-corrected chi connectivity index (χ1v) is 28.3. The van der Waals surface area contributed by atoms with Crippen LogP contribution in [0.1, 0.15) is 152 Å². The van der Waals surface area contributed by atoms with E-state index in [1.807, 2.05) is 0 Å². The molecule has 0 aromatic carbocycles. The van der Waals surface area contributed by atoms with E-state index in [1.165, 1.54) is 34.6 Å². The zero-order chi connectivity index (χ0) is 57.7. The van der Waals surface area contributed by atoms with Crippen molar-refractivity contribution in [3.63, 3.8) is 0 Å². The standard InChI is InChI=1S/C54H92O24/c1-10-11-17-20-32-21-18-15-13-12-14-16-19-22-36(57)73-44-33(23-34-37(58)39(60)43(31(9)69-34)74-50(66)27(5)29(7)56)30(8)70-54(47(44)75-48(64)25(2)3)77-45-40(61)38(59)35(24-68-49(65)26(4)28(6)55)72-53(45)76-46-41(62)42(63)51(67)78-52(46)71-32/h25-35,37-47,51-56,58-63,67H,10-24H2,1-9H3. The van der Waals surface area contributed by atoms with Crippen LogP contribution in [0.3, 0.4) is 0 Å². The number of fused-ring (bicyclic) bond motifs is 4. The van der Waals surface area contributed by atoms with Crippen LogP contribution in [-0.4, -0.2) is 211 Å². The number of aliphatic hydroxyl groups excluding tert-OH is 9. The van der Waals surface area contributed by atoms with Gasteiger partial charge in [0, 0.05) is 12.3 Å². The molecule has 452 valence electrons. The summed E-state index contributed by atoms with van der Waals surface area (Å²) >= 11 is 0. The predicted octanol–water partition coefficient (Wildman–Crippen LogP) is 1.32. The fraction of sp³-hybridized carbons (Fsp3) is 0.926. The molecule has 25 atom stereocenters. The van der Waals surface area contributed by atoms with Gasteiger partial charge in [-0.05, 0) is 67.2 Å². The van der Waals surface area contributed by atoms with Crippen molar-refractivity contribution >= 4 is 23.9 Å². The SMILES string of the molecule is CCCCCC1CCCCCCCCCC(=O)OC2C(CC3OC(C)C(OC(=O)C(C)C(C)O)C(O)C3O)C(C)OC(OC3C(OC(COC(=O)C(C)C(C)O)C(O)C3O)OC3C(O1)OC(O)C(O)C3O)C2OC(=O)C(C)C. The second kappa shape index (κ2) is 31.1. The molecule has 24 heteroatoms. The van der Waals surface area contributed by atoms with Gasteiger partial charge < -0.3 is 98.1 Å². The van der Waals surface area contributed by atoms with E-state index in [4.69, 9.17) is 52.1 Å². The second-order valence-electron chi connectivity index (χ2n) is 22.4. The molecule has 78 heavy (non-hydrogen) atoms. The molecule has 25 unspecified atom stereocenters. The maximum Gasteiger partial charge on any atom is 0.311 e. The molecule has 0 saturated carbocycles. The molecule has 0 aromatic rings. The van der Waals surface area contributed by atoms with Crippen molar-refractivity contribution < 1.29 is 117 Å². The molecule has 2 bridgehead atoms. The minimum absolute atomic E-state index is 0.0470. The van der Waals surface area contributed by atoms with E-state index in [-0.39, 0.29) is 12.8 Å². The first-order valence-electron chi connectivity index (χ1n) is 28.3. The van der Waals surface area contributed by atoms with E-state index in [2.05, 4.69) is 6.92 Å². The highest BCUT2D eigenvalue weighted by Crippen LogP contribution is 2.41. The van der Waals surface area contributed by atoms with Crippen LogP contribution in [0.5, 0.6) is 0 Å². The lowest BCUT2D eigenvalue weighted by molar-refractivity contribution is -0.404. The van der Waals surface area contributed by atoms with Crippen LogP contribution in [-0.2, 0) is 71.3 Å². The first-order chi connectivity index (χ1) is 36.9. The van der Waals surface area contributed by atoms with Gasteiger partial charge in [-0.25, -0.2) is 0 Å². The smallest absolute Gasteiger partial charge is 0.311 e.